The van der Waals surface area contributed by atoms with Crippen molar-refractivity contribution in [2.75, 3.05) is 24.6 Å². The zero-order valence-corrected chi connectivity index (χ0v) is 12.7. The van der Waals surface area contributed by atoms with E-state index in [9.17, 15) is 4.79 Å². The maximum atomic E-state index is 12.0. The molecule has 0 saturated heterocycles. The monoisotopic (exact) mass is 304 g/mol. The van der Waals surface area contributed by atoms with Gasteiger partial charge in [-0.25, -0.2) is 4.98 Å². The summed E-state index contributed by atoms with van der Waals surface area (Å²) in [7, 11) is 0. The molecule has 0 saturated carbocycles. The number of aryl methyl sites for hydroxylation is 1. The summed E-state index contributed by atoms with van der Waals surface area (Å²) in [4.78, 5) is 19.2. The van der Waals surface area contributed by atoms with Crippen LogP contribution in [-0.4, -0.2) is 30.6 Å². The molecule has 21 heavy (non-hydrogen) atoms. The van der Waals surface area contributed by atoms with E-state index >= 15 is 0 Å². The molecule has 0 radical (unpaired) electrons. The molecule has 110 valence electrons. The number of hydrogen-bond donors (Lipinski definition) is 0. The van der Waals surface area contributed by atoms with E-state index in [0.29, 0.717) is 11.7 Å². The van der Waals surface area contributed by atoms with Gasteiger partial charge in [0.15, 0.2) is 5.13 Å². The van der Waals surface area contributed by atoms with Crippen LogP contribution in [0.1, 0.15) is 36.3 Å². The molecule has 1 aromatic heterocycles. The van der Waals surface area contributed by atoms with Gasteiger partial charge in [0.05, 0.1) is 24.4 Å². The van der Waals surface area contributed by atoms with Gasteiger partial charge < -0.3 is 9.64 Å². The molecule has 1 unspecified atom stereocenters. The standard InChI is InChI=1S/C14H16N4O2S/c1-2-20-13(19)10-4-3-5-11-12(10)17-14(21-11)18(8-6-15)9-7-16/h10H,2-5,8-9H2,1H3. The van der Waals surface area contributed by atoms with Gasteiger partial charge in [0.1, 0.15) is 19.0 Å². The van der Waals surface area contributed by atoms with Crippen molar-refractivity contribution in [2.45, 2.75) is 32.1 Å². The summed E-state index contributed by atoms with van der Waals surface area (Å²) in [5.41, 5.74) is 0.764. The van der Waals surface area contributed by atoms with E-state index in [1.165, 1.54) is 11.3 Å². The topological polar surface area (TPSA) is 90.0 Å². The highest BCUT2D eigenvalue weighted by molar-refractivity contribution is 7.15. The number of esters is 1. The van der Waals surface area contributed by atoms with Gasteiger partial charge in [0.25, 0.3) is 0 Å². The van der Waals surface area contributed by atoms with Crippen molar-refractivity contribution in [3.8, 4) is 12.1 Å². The molecule has 0 amide bonds. The van der Waals surface area contributed by atoms with Gasteiger partial charge in [0, 0.05) is 4.88 Å². The molecule has 1 heterocycles. The van der Waals surface area contributed by atoms with E-state index in [4.69, 9.17) is 15.3 Å². The second-order valence-corrected chi connectivity index (χ2v) is 5.74. The number of ether oxygens (including phenoxy) is 1. The fraction of sp³-hybridized carbons (Fsp3) is 0.571. The van der Waals surface area contributed by atoms with Crippen LogP contribution in [0.25, 0.3) is 0 Å². The Hall–Kier alpha value is -2.12. The minimum Gasteiger partial charge on any atom is -0.465 e. The number of fused-ring (bicyclic) bond motifs is 1. The van der Waals surface area contributed by atoms with Crippen molar-refractivity contribution in [1.29, 1.82) is 10.5 Å². The van der Waals surface area contributed by atoms with Gasteiger partial charge in [0.2, 0.25) is 0 Å². The Labute approximate surface area is 127 Å². The summed E-state index contributed by atoms with van der Waals surface area (Å²) in [6.07, 6.45) is 2.55. The zero-order chi connectivity index (χ0) is 15.2. The summed E-state index contributed by atoms with van der Waals surface area (Å²) < 4.78 is 5.11. The van der Waals surface area contributed by atoms with E-state index in [1.54, 1.807) is 11.8 Å². The summed E-state index contributed by atoms with van der Waals surface area (Å²) >= 11 is 1.47. The highest BCUT2D eigenvalue weighted by Gasteiger charge is 2.32. The number of nitrogens with zero attached hydrogens (tertiary/aromatic N) is 4. The van der Waals surface area contributed by atoms with Gasteiger partial charge in [-0.05, 0) is 26.2 Å². The first-order chi connectivity index (χ1) is 10.2. The fourth-order valence-corrected chi connectivity index (χ4v) is 3.54. The molecular formula is C14H16N4O2S. The Bertz CT molecular complexity index is 583. The van der Waals surface area contributed by atoms with Crippen LogP contribution in [0, 0.1) is 22.7 Å². The van der Waals surface area contributed by atoms with Crippen LogP contribution in [0.15, 0.2) is 0 Å². The van der Waals surface area contributed by atoms with Crippen molar-refractivity contribution in [1.82, 2.24) is 4.98 Å². The highest BCUT2D eigenvalue weighted by atomic mass is 32.1. The highest BCUT2D eigenvalue weighted by Crippen LogP contribution is 2.38. The minimum atomic E-state index is -0.315. The molecule has 0 bridgehead atoms. The fourth-order valence-electron chi connectivity index (χ4n) is 2.37. The number of nitriles is 2. The Kier molecular flexibility index (Phi) is 5.13. The number of carbonyl (C=O) groups is 1. The molecule has 0 N–H and O–H groups in total. The van der Waals surface area contributed by atoms with Crippen molar-refractivity contribution < 1.29 is 9.53 Å². The average Bonchev–Trinajstić information content (AvgIpc) is 2.91. The van der Waals surface area contributed by atoms with E-state index in [-0.39, 0.29) is 25.0 Å². The first-order valence-corrected chi connectivity index (χ1v) is 7.68. The lowest BCUT2D eigenvalue weighted by molar-refractivity contribution is -0.145. The quantitative estimate of drug-likeness (QED) is 0.610. The van der Waals surface area contributed by atoms with Gasteiger partial charge >= 0.3 is 5.97 Å². The SMILES string of the molecule is CCOC(=O)C1CCCc2sc(N(CC#N)CC#N)nc21. The predicted octanol–water partition coefficient (Wildman–Crippen LogP) is 1.98. The number of hydrogen-bond acceptors (Lipinski definition) is 7. The molecule has 0 fully saturated rings. The molecular weight excluding hydrogens is 288 g/mol. The Balaban J connectivity index is 2.28. The second kappa shape index (κ2) is 7.05. The zero-order valence-electron chi connectivity index (χ0n) is 11.8. The number of carbonyl (C=O) groups excluding carboxylic acids is 1. The van der Waals surface area contributed by atoms with Crippen LogP contribution in [0.3, 0.4) is 0 Å². The van der Waals surface area contributed by atoms with Crippen molar-refractivity contribution in [3.63, 3.8) is 0 Å². The van der Waals surface area contributed by atoms with Crippen LogP contribution in [0.4, 0.5) is 5.13 Å². The molecule has 1 aromatic rings. The maximum absolute atomic E-state index is 12.0. The summed E-state index contributed by atoms with van der Waals surface area (Å²) in [6, 6.07) is 4.07. The molecule has 6 nitrogen and oxygen atoms in total. The first kappa shape index (κ1) is 15.3. The van der Waals surface area contributed by atoms with Crippen LogP contribution >= 0.6 is 11.3 Å². The molecule has 1 atom stereocenters. The molecule has 1 aliphatic rings. The van der Waals surface area contributed by atoms with Crippen LogP contribution in [-0.2, 0) is 16.0 Å². The van der Waals surface area contributed by atoms with Crippen molar-refractivity contribution in [3.05, 3.63) is 10.6 Å². The van der Waals surface area contributed by atoms with Gasteiger partial charge in [-0.2, -0.15) is 10.5 Å². The Morgan fingerprint density at radius 1 is 1.48 bits per heavy atom. The molecule has 1 aliphatic carbocycles. The Morgan fingerprint density at radius 2 is 2.19 bits per heavy atom. The number of aromatic nitrogens is 1. The number of anilines is 1. The van der Waals surface area contributed by atoms with E-state index in [2.05, 4.69) is 4.98 Å². The van der Waals surface area contributed by atoms with Crippen LogP contribution < -0.4 is 4.90 Å². The second-order valence-electron chi connectivity index (χ2n) is 4.67. The predicted molar refractivity (Wildman–Crippen MR) is 77.9 cm³/mol. The van der Waals surface area contributed by atoms with Crippen LogP contribution in [0.2, 0.25) is 0 Å². The van der Waals surface area contributed by atoms with E-state index in [1.807, 2.05) is 12.1 Å². The lowest BCUT2D eigenvalue weighted by atomic mass is 9.91. The van der Waals surface area contributed by atoms with Gasteiger partial charge in [-0.3, -0.25) is 4.79 Å². The molecule has 0 aliphatic heterocycles. The third kappa shape index (κ3) is 3.32. The van der Waals surface area contributed by atoms with Gasteiger partial charge in [-0.15, -0.1) is 11.3 Å². The maximum Gasteiger partial charge on any atom is 0.315 e. The third-order valence-electron chi connectivity index (χ3n) is 3.31. The summed E-state index contributed by atoms with van der Waals surface area (Å²) in [5.74, 6) is -0.549. The third-order valence-corrected chi connectivity index (χ3v) is 4.50. The molecule has 7 heteroatoms. The van der Waals surface area contributed by atoms with Gasteiger partial charge in [-0.1, -0.05) is 0 Å². The summed E-state index contributed by atoms with van der Waals surface area (Å²) in [5, 5.41) is 18.3. The van der Waals surface area contributed by atoms with E-state index < -0.39 is 0 Å². The molecule has 2 rings (SSSR count). The number of rotatable bonds is 5. The first-order valence-electron chi connectivity index (χ1n) is 6.86. The van der Waals surface area contributed by atoms with Crippen molar-refractivity contribution in [2.24, 2.45) is 0 Å². The van der Waals surface area contributed by atoms with Crippen molar-refractivity contribution >= 4 is 22.4 Å². The van der Waals surface area contributed by atoms with Crippen LogP contribution in [0.5, 0.6) is 0 Å². The lowest BCUT2D eigenvalue weighted by Gasteiger charge is -2.19. The smallest absolute Gasteiger partial charge is 0.315 e. The minimum absolute atomic E-state index is 0.115. The number of thiazole rings is 1. The average molecular weight is 304 g/mol. The normalized spacial score (nSPS) is 16.4. The largest absolute Gasteiger partial charge is 0.465 e. The Morgan fingerprint density at radius 3 is 2.81 bits per heavy atom. The van der Waals surface area contributed by atoms with E-state index in [0.717, 1.165) is 29.8 Å². The molecule has 0 aromatic carbocycles. The lowest BCUT2D eigenvalue weighted by Crippen LogP contribution is -2.24. The molecule has 0 spiro atoms. The summed E-state index contributed by atoms with van der Waals surface area (Å²) in [6.45, 7) is 2.38.